The van der Waals surface area contributed by atoms with Crippen molar-refractivity contribution < 1.29 is 38.4 Å². The van der Waals surface area contributed by atoms with Crippen LogP contribution >= 0.6 is 0 Å². The fraction of sp³-hybridized carbons (Fsp3) is 0.269. The lowest BCUT2D eigenvalue weighted by molar-refractivity contribution is -0.136. The Morgan fingerprint density at radius 3 is 2.22 bits per heavy atom. The number of rotatable bonds is 10. The molecule has 1 amide bonds. The van der Waals surface area contributed by atoms with Crippen molar-refractivity contribution in [3.63, 3.8) is 0 Å². The molecule has 1 atom stereocenters. The number of carbonyl (C=O) groups excluding carboxylic acids is 1. The minimum atomic E-state index is -0.970. The first-order chi connectivity index (χ1) is 17.2. The summed E-state index contributed by atoms with van der Waals surface area (Å²) in [5.41, 5.74) is 0.509. The van der Waals surface area contributed by atoms with Crippen LogP contribution in [0.5, 0.6) is 23.0 Å². The normalized spacial score (nSPS) is 11.4. The SMILES string of the molecule is COc1ccc([C@H](CC(=O)Nc2ccc(CC(=O)O)cc2)c2c(O)cc(C)oc2=O)c(OC)c1OC. The molecule has 0 aliphatic heterocycles. The molecular weight excluding hydrogens is 470 g/mol. The summed E-state index contributed by atoms with van der Waals surface area (Å²) in [5, 5.41) is 22.3. The number of aromatic hydroxyl groups is 1. The molecule has 0 radical (unpaired) electrons. The number of hydrogen-bond donors (Lipinski definition) is 3. The first-order valence-electron chi connectivity index (χ1n) is 10.9. The van der Waals surface area contributed by atoms with Crippen LogP contribution in [0.25, 0.3) is 0 Å². The summed E-state index contributed by atoms with van der Waals surface area (Å²) in [4.78, 5) is 36.8. The molecule has 10 heteroatoms. The maximum Gasteiger partial charge on any atom is 0.343 e. The molecule has 2 aromatic carbocycles. The second-order valence-corrected chi connectivity index (χ2v) is 7.94. The largest absolute Gasteiger partial charge is 0.507 e. The van der Waals surface area contributed by atoms with Crippen molar-refractivity contribution in [1.29, 1.82) is 0 Å². The molecule has 3 N–H and O–H groups in total. The highest BCUT2D eigenvalue weighted by molar-refractivity contribution is 5.92. The van der Waals surface area contributed by atoms with Gasteiger partial charge in [0.2, 0.25) is 11.7 Å². The number of amides is 1. The molecule has 1 aromatic heterocycles. The predicted molar refractivity (Wildman–Crippen MR) is 130 cm³/mol. The monoisotopic (exact) mass is 497 g/mol. The van der Waals surface area contributed by atoms with E-state index in [1.807, 2.05) is 0 Å². The number of aliphatic carboxylic acids is 1. The van der Waals surface area contributed by atoms with Gasteiger partial charge in [0, 0.05) is 29.7 Å². The van der Waals surface area contributed by atoms with Crippen LogP contribution in [0.2, 0.25) is 0 Å². The van der Waals surface area contributed by atoms with Gasteiger partial charge in [-0.2, -0.15) is 0 Å². The van der Waals surface area contributed by atoms with Crippen LogP contribution < -0.4 is 25.2 Å². The summed E-state index contributed by atoms with van der Waals surface area (Å²) in [7, 11) is 4.30. The van der Waals surface area contributed by atoms with Crippen LogP contribution in [-0.2, 0) is 16.0 Å². The molecule has 3 rings (SSSR count). The number of benzene rings is 2. The first kappa shape index (κ1) is 26.1. The Balaban J connectivity index is 2.03. The molecule has 0 spiro atoms. The van der Waals surface area contributed by atoms with Gasteiger partial charge in [-0.1, -0.05) is 18.2 Å². The lowest BCUT2D eigenvalue weighted by atomic mass is 9.87. The van der Waals surface area contributed by atoms with Gasteiger partial charge in [-0.05, 0) is 30.7 Å². The van der Waals surface area contributed by atoms with Gasteiger partial charge in [0.1, 0.15) is 11.5 Å². The summed E-state index contributed by atoms with van der Waals surface area (Å²) in [5.74, 6) is -1.65. The number of anilines is 1. The lowest BCUT2D eigenvalue weighted by Crippen LogP contribution is -2.21. The highest BCUT2D eigenvalue weighted by Gasteiger charge is 2.30. The molecule has 36 heavy (non-hydrogen) atoms. The molecule has 3 aromatic rings. The number of methoxy groups -OCH3 is 3. The average molecular weight is 498 g/mol. The fourth-order valence-electron chi connectivity index (χ4n) is 3.97. The quantitative estimate of drug-likeness (QED) is 0.383. The van der Waals surface area contributed by atoms with E-state index in [1.165, 1.54) is 34.3 Å². The van der Waals surface area contributed by atoms with E-state index in [4.69, 9.17) is 23.7 Å². The van der Waals surface area contributed by atoms with Crippen molar-refractivity contribution in [3.8, 4) is 23.0 Å². The van der Waals surface area contributed by atoms with Crippen molar-refractivity contribution in [1.82, 2.24) is 0 Å². The topological polar surface area (TPSA) is 145 Å². The third kappa shape index (κ3) is 5.77. The second kappa shape index (κ2) is 11.3. The van der Waals surface area contributed by atoms with Gasteiger partial charge in [-0.15, -0.1) is 0 Å². The predicted octanol–water partition coefficient (Wildman–Crippen LogP) is 3.47. The minimum absolute atomic E-state index is 0.113. The Labute approximate surface area is 207 Å². The van der Waals surface area contributed by atoms with E-state index in [2.05, 4.69) is 5.32 Å². The summed E-state index contributed by atoms with van der Waals surface area (Å²) >= 11 is 0. The summed E-state index contributed by atoms with van der Waals surface area (Å²) in [6, 6.07) is 10.9. The van der Waals surface area contributed by atoms with Gasteiger partial charge in [0.05, 0.1) is 33.3 Å². The molecule has 0 fully saturated rings. The molecule has 0 saturated heterocycles. The molecule has 10 nitrogen and oxygen atoms in total. The maximum absolute atomic E-state index is 13.1. The van der Waals surface area contributed by atoms with E-state index in [1.54, 1.807) is 36.4 Å². The minimum Gasteiger partial charge on any atom is -0.507 e. The second-order valence-electron chi connectivity index (χ2n) is 7.94. The number of carboxylic acid groups (broad SMARTS) is 1. The highest BCUT2D eigenvalue weighted by Crippen LogP contribution is 2.46. The van der Waals surface area contributed by atoms with E-state index >= 15 is 0 Å². The van der Waals surface area contributed by atoms with Gasteiger partial charge >= 0.3 is 11.6 Å². The molecule has 0 bridgehead atoms. The smallest absolute Gasteiger partial charge is 0.343 e. The first-order valence-corrected chi connectivity index (χ1v) is 10.9. The van der Waals surface area contributed by atoms with Gasteiger partial charge in [-0.3, -0.25) is 9.59 Å². The number of carbonyl (C=O) groups is 2. The number of nitrogens with one attached hydrogen (secondary N) is 1. The highest BCUT2D eigenvalue weighted by atomic mass is 16.5. The van der Waals surface area contributed by atoms with E-state index < -0.39 is 23.4 Å². The maximum atomic E-state index is 13.1. The number of ether oxygens (including phenoxy) is 3. The van der Waals surface area contributed by atoms with Crippen LogP contribution in [0.1, 0.15) is 34.8 Å². The Hall–Kier alpha value is -4.47. The zero-order chi connectivity index (χ0) is 26.4. The summed E-state index contributed by atoms with van der Waals surface area (Å²) in [6.45, 7) is 1.53. The van der Waals surface area contributed by atoms with Gasteiger partial charge in [-0.25, -0.2) is 4.79 Å². The Morgan fingerprint density at radius 1 is 1.00 bits per heavy atom. The van der Waals surface area contributed by atoms with Crippen LogP contribution in [-0.4, -0.2) is 43.4 Å². The van der Waals surface area contributed by atoms with Gasteiger partial charge in [0.25, 0.3) is 0 Å². The van der Waals surface area contributed by atoms with Crippen LogP contribution in [0.4, 0.5) is 5.69 Å². The summed E-state index contributed by atoms with van der Waals surface area (Å²) < 4.78 is 21.6. The van der Waals surface area contributed by atoms with E-state index in [0.29, 0.717) is 22.6 Å². The molecular formula is C26H27NO9. The number of aryl methyl sites for hydroxylation is 1. The van der Waals surface area contributed by atoms with Crippen LogP contribution in [0, 0.1) is 6.92 Å². The third-order valence-corrected chi connectivity index (χ3v) is 5.53. The standard InChI is InChI=1S/C26H27NO9/c1-14-11-19(28)23(26(32)36-14)18(17-9-10-20(33-2)25(35-4)24(17)34-3)13-21(29)27-16-7-5-15(6-8-16)12-22(30)31/h5-11,18,28H,12-13H2,1-4H3,(H,27,29)(H,30,31)/t18-/m0/s1. The van der Waals surface area contributed by atoms with Crippen molar-refractivity contribution >= 4 is 17.6 Å². The molecule has 0 aliphatic rings. The van der Waals surface area contributed by atoms with Crippen molar-refractivity contribution in [3.05, 3.63) is 75.3 Å². The Bertz CT molecular complexity index is 1310. The number of hydrogen-bond acceptors (Lipinski definition) is 8. The van der Waals surface area contributed by atoms with E-state index in [0.717, 1.165) is 0 Å². The molecule has 0 unspecified atom stereocenters. The van der Waals surface area contributed by atoms with Crippen molar-refractivity contribution in [2.75, 3.05) is 26.6 Å². The van der Waals surface area contributed by atoms with E-state index in [9.17, 15) is 19.5 Å². The van der Waals surface area contributed by atoms with E-state index in [-0.39, 0.29) is 41.4 Å². The van der Waals surface area contributed by atoms with Gasteiger partial charge in [0.15, 0.2) is 11.5 Å². The van der Waals surface area contributed by atoms with Crippen molar-refractivity contribution in [2.24, 2.45) is 0 Å². The number of carboxylic acids is 1. The Kier molecular flexibility index (Phi) is 8.21. The zero-order valence-electron chi connectivity index (χ0n) is 20.3. The third-order valence-electron chi connectivity index (χ3n) is 5.53. The fourth-order valence-corrected chi connectivity index (χ4v) is 3.97. The van der Waals surface area contributed by atoms with Gasteiger partial charge < -0.3 is 34.2 Å². The molecule has 1 heterocycles. The summed E-state index contributed by atoms with van der Waals surface area (Å²) in [6.07, 6.45) is -0.401. The van der Waals surface area contributed by atoms with Crippen molar-refractivity contribution in [2.45, 2.75) is 25.7 Å². The lowest BCUT2D eigenvalue weighted by Gasteiger charge is -2.22. The zero-order valence-corrected chi connectivity index (χ0v) is 20.3. The molecule has 0 aliphatic carbocycles. The van der Waals surface area contributed by atoms with Crippen LogP contribution in [0.15, 0.2) is 51.7 Å². The van der Waals surface area contributed by atoms with Crippen LogP contribution in [0.3, 0.4) is 0 Å². The molecule has 190 valence electrons. The Morgan fingerprint density at radius 2 is 1.67 bits per heavy atom. The average Bonchev–Trinajstić information content (AvgIpc) is 2.82. The molecule has 0 saturated carbocycles.